The van der Waals surface area contributed by atoms with E-state index in [1.54, 1.807) is 24.3 Å². The van der Waals surface area contributed by atoms with E-state index in [0.29, 0.717) is 49.9 Å². The van der Waals surface area contributed by atoms with Crippen molar-refractivity contribution in [3.8, 4) is 0 Å². The van der Waals surface area contributed by atoms with Crippen molar-refractivity contribution in [2.75, 3.05) is 39.8 Å². The maximum Gasteiger partial charge on any atom is 0.337 e. The van der Waals surface area contributed by atoms with E-state index in [1.165, 1.54) is 18.1 Å². The molecule has 1 atom stereocenters. The minimum atomic E-state index is -0.858. The lowest BCUT2D eigenvalue weighted by atomic mass is 10.1. The van der Waals surface area contributed by atoms with Crippen LogP contribution < -0.4 is 0 Å². The van der Waals surface area contributed by atoms with Crippen molar-refractivity contribution in [2.45, 2.75) is 12.7 Å². The summed E-state index contributed by atoms with van der Waals surface area (Å²) in [7, 11) is 1.34. The maximum atomic E-state index is 14.1. The number of esters is 1. The molecule has 1 aliphatic heterocycles. The van der Waals surface area contributed by atoms with Gasteiger partial charge in [0, 0.05) is 37.7 Å². The summed E-state index contributed by atoms with van der Waals surface area (Å²) in [5.41, 5.74) is 1.79. The van der Waals surface area contributed by atoms with Crippen LogP contribution in [0.4, 0.5) is 8.78 Å². The molecule has 0 saturated carbocycles. The fraction of sp³-hybridized carbons (Fsp3) is 0.286. The molecule has 0 N–H and O–H groups in total. The van der Waals surface area contributed by atoms with Crippen LogP contribution in [0.2, 0.25) is 5.02 Å². The van der Waals surface area contributed by atoms with Gasteiger partial charge in [0.15, 0.2) is 0 Å². The van der Waals surface area contributed by atoms with Gasteiger partial charge in [0.05, 0.1) is 25.4 Å². The Bertz CT molecular complexity index is 1210. The normalized spacial score (nSPS) is 14.9. The monoisotopic (exact) mass is 528 g/mol. The van der Waals surface area contributed by atoms with Crippen molar-refractivity contribution in [3.05, 3.63) is 106 Å². The van der Waals surface area contributed by atoms with Gasteiger partial charge >= 0.3 is 5.97 Å². The summed E-state index contributed by atoms with van der Waals surface area (Å²) in [5, 5.41) is 0.619. The van der Waals surface area contributed by atoms with Crippen molar-refractivity contribution in [2.24, 2.45) is 0 Å². The molecule has 9 heteroatoms. The van der Waals surface area contributed by atoms with Gasteiger partial charge in [-0.2, -0.15) is 0 Å². The van der Waals surface area contributed by atoms with Crippen LogP contribution in [0.3, 0.4) is 0 Å². The van der Waals surface area contributed by atoms with E-state index >= 15 is 0 Å². The largest absolute Gasteiger partial charge is 0.465 e. The molecule has 1 saturated heterocycles. The number of hydrogen-bond donors (Lipinski definition) is 0. The van der Waals surface area contributed by atoms with Crippen LogP contribution in [0.15, 0.2) is 66.7 Å². The number of piperazine rings is 1. The molecule has 37 heavy (non-hydrogen) atoms. The van der Waals surface area contributed by atoms with Crippen LogP contribution in [0.1, 0.15) is 37.9 Å². The summed E-state index contributed by atoms with van der Waals surface area (Å²) in [4.78, 5) is 28.0. The third kappa shape index (κ3) is 6.71. The number of nitrogens with zero attached hydrogens (tertiary/aromatic N) is 2. The lowest BCUT2D eigenvalue weighted by Crippen LogP contribution is -2.50. The van der Waals surface area contributed by atoms with Gasteiger partial charge in [0.1, 0.15) is 17.2 Å². The van der Waals surface area contributed by atoms with Crippen molar-refractivity contribution in [3.63, 3.8) is 0 Å². The van der Waals surface area contributed by atoms with Gasteiger partial charge in [-0.1, -0.05) is 41.9 Å². The molecule has 3 aromatic rings. The second-order valence-corrected chi connectivity index (χ2v) is 9.17. The van der Waals surface area contributed by atoms with Crippen LogP contribution >= 0.6 is 11.6 Å². The molecule has 0 spiro atoms. The Kier molecular flexibility index (Phi) is 8.87. The Morgan fingerprint density at radius 1 is 0.919 bits per heavy atom. The average molecular weight is 529 g/mol. The van der Waals surface area contributed by atoms with Crippen LogP contribution in [0.5, 0.6) is 0 Å². The maximum absolute atomic E-state index is 14.1. The number of benzene rings is 3. The zero-order valence-electron chi connectivity index (χ0n) is 20.3. The molecule has 1 heterocycles. The van der Waals surface area contributed by atoms with Crippen LogP contribution in [0.25, 0.3) is 0 Å². The van der Waals surface area contributed by atoms with E-state index in [-0.39, 0.29) is 6.10 Å². The molecule has 0 aliphatic carbocycles. The molecule has 1 aliphatic rings. The van der Waals surface area contributed by atoms with Crippen LogP contribution in [-0.2, 0) is 16.1 Å². The molecule has 0 bridgehead atoms. The van der Waals surface area contributed by atoms with Crippen molar-refractivity contribution < 1.29 is 27.8 Å². The topological polar surface area (TPSA) is 59.1 Å². The zero-order valence-corrected chi connectivity index (χ0v) is 21.1. The molecule has 3 aromatic carbocycles. The molecule has 4 rings (SSSR count). The van der Waals surface area contributed by atoms with Crippen molar-refractivity contribution >= 4 is 23.5 Å². The molecule has 1 unspecified atom stereocenters. The van der Waals surface area contributed by atoms with E-state index in [1.807, 2.05) is 24.3 Å². The Morgan fingerprint density at radius 2 is 1.54 bits per heavy atom. The first-order valence-corrected chi connectivity index (χ1v) is 12.2. The Balaban J connectivity index is 1.40. The van der Waals surface area contributed by atoms with E-state index in [4.69, 9.17) is 21.1 Å². The third-order valence-corrected chi connectivity index (χ3v) is 6.58. The number of carbonyl (C=O) groups excluding carboxylic acids is 2. The van der Waals surface area contributed by atoms with Gasteiger partial charge in [0.2, 0.25) is 0 Å². The standard InChI is InChI=1S/C28H27ClF2N2O4/c1-36-28(35)21-7-5-19(6-8-21)18-37-25(20-9-11-22(29)12-10-20)17-32-13-15-33(16-14-32)27(34)26-23(30)3-2-4-24(26)31/h2-12,25H,13-18H2,1H3. The zero-order chi connectivity index (χ0) is 26.4. The fourth-order valence-corrected chi connectivity index (χ4v) is 4.34. The number of methoxy groups -OCH3 is 1. The first kappa shape index (κ1) is 26.7. The molecular weight excluding hydrogens is 502 g/mol. The van der Waals surface area contributed by atoms with Gasteiger partial charge in [-0.15, -0.1) is 0 Å². The molecule has 6 nitrogen and oxygen atoms in total. The number of amides is 1. The summed E-state index contributed by atoms with van der Waals surface area (Å²) >= 11 is 6.07. The molecule has 194 valence electrons. The highest BCUT2D eigenvalue weighted by Crippen LogP contribution is 2.24. The van der Waals surface area contributed by atoms with E-state index < -0.39 is 29.1 Å². The van der Waals surface area contributed by atoms with Crippen LogP contribution in [0, 0.1) is 11.6 Å². The minimum Gasteiger partial charge on any atom is -0.465 e. The Morgan fingerprint density at radius 3 is 2.14 bits per heavy atom. The second-order valence-electron chi connectivity index (χ2n) is 8.73. The smallest absolute Gasteiger partial charge is 0.337 e. The lowest BCUT2D eigenvalue weighted by molar-refractivity contribution is 0.00332. The highest BCUT2D eigenvalue weighted by atomic mass is 35.5. The SMILES string of the molecule is COC(=O)c1ccc(COC(CN2CCN(C(=O)c3c(F)cccc3F)CC2)c2ccc(Cl)cc2)cc1. The summed E-state index contributed by atoms with van der Waals surface area (Å²) in [6.07, 6.45) is -0.288. The van der Waals surface area contributed by atoms with Gasteiger partial charge in [0.25, 0.3) is 5.91 Å². The average Bonchev–Trinajstić information content (AvgIpc) is 2.91. The molecule has 1 amide bonds. The van der Waals surface area contributed by atoms with Crippen molar-refractivity contribution in [1.82, 2.24) is 9.80 Å². The minimum absolute atomic E-state index is 0.288. The van der Waals surface area contributed by atoms with Gasteiger partial charge < -0.3 is 14.4 Å². The highest BCUT2D eigenvalue weighted by Gasteiger charge is 2.28. The Labute approximate surface area is 219 Å². The third-order valence-electron chi connectivity index (χ3n) is 6.33. The van der Waals surface area contributed by atoms with E-state index in [9.17, 15) is 18.4 Å². The lowest BCUT2D eigenvalue weighted by Gasteiger charge is -2.36. The van der Waals surface area contributed by atoms with Gasteiger partial charge in [-0.05, 0) is 47.5 Å². The predicted octanol–water partition coefficient (Wildman–Crippen LogP) is 5.12. The first-order chi connectivity index (χ1) is 17.9. The summed E-state index contributed by atoms with van der Waals surface area (Å²) in [6, 6.07) is 17.9. The van der Waals surface area contributed by atoms with Gasteiger partial charge in [-0.3, -0.25) is 9.69 Å². The number of carbonyl (C=O) groups is 2. The van der Waals surface area contributed by atoms with Crippen molar-refractivity contribution in [1.29, 1.82) is 0 Å². The highest BCUT2D eigenvalue weighted by molar-refractivity contribution is 6.30. The Hall–Kier alpha value is -3.33. The number of rotatable bonds is 8. The summed E-state index contributed by atoms with van der Waals surface area (Å²) in [5.74, 6) is -2.76. The summed E-state index contributed by atoms with van der Waals surface area (Å²) in [6.45, 7) is 2.62. The second kappa shape index (κ2) is 12.3. The number of hydrogen-bond acceptors (Lipinski definition) is 5. The quantitative estimate of drug-likeness (QED) is 0.380. The number of halogens is 3. The summed E-state index contributed by atoms with van der Waals surface area (Å²) < 4.78 is 39.2. The van der Waals surface area contributed by atoms with Gasteiger partial charge in [-0.25, -0.2) is 13.6 Å². The first-order valence-electron chi connectivity index (χ1n) is 11.9. The number of ether oxygens (including phenoxy) is 2. The molecule has 0 radical (unpaired) electrons. The molecule has 1 fully saturated rings. The molecular formula is C28H27ClF2N2O4. The van der Waals surface area contributed by atoms with E-state index in [0.717, 1.165) is 23.3 Å². The predicted molar refractivity (Wildman–Crippen MR) is 135 cm³/mol. The fourth-order valence-electron chi connectivity index (χ4n) is 4.21. The van der Waals surface area contributed by atoms with Crippen LogP contribution in [-0.4, -0.2) is 61.5 Å². The molecule has 0 aromatic heterocycles. The van der Waals surface area contributed by atoms with E-state index in [2.05, 4.69) is 4.90 Å².